The molecule has 0 heterocycles. The molecule has 0 aliphatic carbocycles. The second-order valence-electron chi connectivity index (χ2n) is 5.54. The van der Waals surface area contributed by atoms with Crippen LogP contribution in [-0.4, -0.2) is 27.9 Å². The third-order valence-corrected chi connectivity index (χ3v) is 4.02. The molecule has 0 spiro atoms. The van der Waals surface area contributed by atoms with Gasteiger partial charge >= 0.3 is 70.8 Å². The first-order valence-corrected chi connectivity index (χ1v) is 9.05. The predicted octanol–water partition coefficient (Wildman–Crippen LogP) is -5.33. The van der Waals surface area contributed by atoms with Crippen molar-refractivity contribution in [1.82, 2.24) is 0 Å². The number of ketones is 1. The largest absolute Gasteiger partial charge is 1.00 e. The summed E-state index contributed by atoms with van der Waals surface area (Å²) in [4.78, 5) is 55.3. The fourth-order valence-corrected chi connectivity index (χ4v) is 2.51. The molecule has 0 aromatic heterocycles. The Balaban J connectivity index is 0.00000392. The van der Waals surface area contributed by atoms with E-state index in [-0.39, 0.29) is 70.2 Å². The average molecular weight is 439 g/mol. The summed E-state index contributed by atoms with van der Waals surface area (Å²) >= 11 is 0. The van der Waals surface area contributed by atoms with E-state index in [0.29, 0.717) is 0 Å². The van der Waals surface area contributed by atoms with Crippen molar-refractivity contribution < 1.29 is 97.8 Å². The maximum Gasteiger partial charge on any atom is 1.00 e. The summed E-state index contributed by atoms with van der Waals surface area (Å²) in [5.74, 6) is -4.10. The van der Waals surface area contributed by atoms with Gasteiger partial charge in [-0.05, 0) is 13.0 Å². The van der Waals surface area contributed by atoms with E-state index in [0.717, 1.165) is 17.7 Å². The van der Waals surface area contributed by atoms with Gasteiger partial charge in [-0.2, -0.15) is 0 Å². The second kappa shape index (κ2) is 11.4. The van der Waals surface area contributed by atoms with Crippen LogP contribution in [0.3, 0.4) is 0 Å². The Bertz CT molecular complexity index is 973. The van der Waals surface area contributed by atoms with Crippen molar-refractivity contribution in [2.24, 2.45) is 0 Å². The fourth-order valence-electron chi connectivity index (χ4n) is 2.13. The summed E-state index contributed by atoms with van der Waals surface area (Å²) < 4.78 is 15.2. The van der Waals surface area contributed by atoms with E-state index < -0.39 is 47.6 Å². The molecule has 2 aromatic rings. The number of esters is 1. The van der Waals surface area contributed by atoms with Crippen LogP contribution >= 0.6 is 7.60 Å². The molecule has 2 aromatic carbocycles. The van der Waals surface area contributed by atoms with Crippen LogP contribution in [0.15, 0.2) is 36.4 Å². The van der Waals surface area contributed by atoms with Crippen molar-refractivity contribution in [3.63, 3.8) is 0 Å². The van der Waals surface area contributed by atoms with Crippen molar-refractivity contribution >= 4 is 25.0 Å². The molecule has 1 N–H and O–H groups in total. The molecule has 142 valence electrons. The van der Waals surface area contributed by atoms with E-state index in [2.05, 4.69) is 4.74 Å². The van der Waals surface area contributed by atoms with E-state index in [9.17, 15) is 39.2 Å². The number of carbonyl (C=O) groups is 2. The van der Waals surface area contributed by atoms with Gasteiger partial charge in [0.05, 0.1) is 11.1 Å². The van der Waals surface area contributed by atoms with Crippen molar-refractivity contribution in [3.8, 4) is 11.5 Å². The molecule has 0 unspecified atom stereocenters. The van der Waals surface area contributed by atoms with E-state index in [4.69, 9.17) is 0 Å². The summed E-state index contributed by atoms with van der Waals surface area (Å²) in [6.07, 6.45) is -1.52. The SMILES string of the molecule is Cc1ccc(C(=O)c2cc(OC(=O)CP(=O)([O-])[O-])c(O)c([N+](=O)[O-])c2)cc1.[Na+].[Na+]. The Morgan fingerprint density at radius 2 is 1.66 bits per heavy atom. The van der Waals surface area contributed by atoms with Gasteiger partial charge in [0.2, 0.25) is 5.75 Å². The van der Waals surface area contributed by atoms with Crippen LogP contribution in [0.1, 0.15) is 21.5 Å². The number of phenolic OH excluding ortho intramolecular Hbond substituents is 1. The molecule has 0 aliphatic rings. The topological polar surface area (TPSA) is 170 Å². The molecule has 0 fully saturated rings. The molecule has 0 radical (unpaired) electrons. The minimum absolute atomic E-state index is 0. The number of ether oxygens (including phenoxy) is 1. The maximum absolute atomic E-state index is 12.5. The Morgan fingerprint density at radius 1 is 1.10 bits per heavy atom. The van der Waals surface area contributed by atoms with Gasteiger partial charge in [-0.1, -0.05) is 37.4 Å². The van der Waals surface area contributed by atoms with Crippen LogP contribution in [0.4, 0.5) is 5.69 Å². The van der Waals surface area contributed by atoms with Gasteiger partial charge in [-0.3, -0.25) is 19.7 Å². The molecular weight excluding hydrogens is 427 g/mol. The smallest absolute Gasteiger partial charge is 0.810 e. The molecule has 0 amide bonds. The second-order valence-corrected chi connectivity index (χ2v) is 7.08. The number of hydrogen-bond acceptors (Lipinski definition) is 9. The molecule has 0 saturated heterocycles. The zero-order valence-electron chi connectivity index (χ0n) is 15.8. The quantitative estimate of drug-likeness (QED) is 0.0878. The molecule has 29 heavy (non-hydrogen) atoms. The van der Waals surface area contributed by atoms with Crippen molar-refractivity contribution in [2.75, 3.05) is 6.16 Å². The first-order valence-electron chi connectivity index (χ1n) is 7.32. The maximum atomic E-state index is 12.5. The Labute approximate surface area is 209 Å². The number of rotatable bonds is 6. The van der Waals surface area contributed by atoms with Gasteiger partial charge in [0.15, 0.2) is 11.5 Å². The Morgan fingerprint density at radius 3 is 2.14 bits per heavy atom. The summed E-state index contributed by atoms with van der Waals surface area (Å²) in [5.41, 5.74) is -0.152. The van der Waals surface area contributed by atoms with Crippen LogP contribution < -0.4 is 73.6 Å². The van der Waals surface area contributed by atoms with Crippen molar-refractivity contribution in [2.45, 2.75) is 6.92 Å². The zero-order chi connectivity index (χ0) is 20.4. The third-order valence-electron chi connectivity index (χ3n) is 3.37. The first-order chi connectivity index (χ1) is 12.5. The van der Waals surface area contributed by atoms with Crippen LogP contribution in [0.2, 0.25) is 0 Å². The molecular formula is C16H12NNa2O9P. The van der Waals surface area contributed by atoms with Gasteiger partial charge < -0.3 is 24.2 Å². The number of aromatic hydroxyl groups is 1. The van der Waals surface area contributed by atoms with Crippen LogP contribution in [0.25, 0.3) is 0 Å². The van der Waals surface area contributed by atoms with Gasteiger partial charge in [0.1, 0.15) is 0 Å². The number of aryl methyl sites for hydroxylation is 1. The number of benzene rings is 2. The number of nitro benzene ring substituents is 1. The number of phenols is 1. The Kier molecular flexibility index (Phi) is 10.9. The summed E-state index contributed by atoms with van der Waals surface area (Å²) in [6.45, 7) is 1.79. The number of carbonyl (C=O) groups excluding carboxylic acids is 2. The van der Waals surface area contributed by atoms with Crippen LogP contribution in [0.5, 0.6) is 11.5 Å². The summed E-state index contributed by atoms with van der Waals surface area (Å²) in [6, 6.07) is 7.89. The van der Waals surface area contributed by atoms with Gasteiger partial charge in [-0.15, -0.1) is 0 Å². The minimum atomic E-state index is -5.25. The van der Waals surface area contributed by atoms with E-state index >= 15 is 0 Å². The molecule has 13 heteroatoms. The van der Waals surface area contributed by atoms with E-state index in [1.807, 2.05) is 0 Å². The first kappa shape index (κ1) is 27.9. The van der Waals surface area contributed by atoms with Gasteiger partial charge in [0, 0.05) is 17.2 Å². The van der Waals surface area contributed by atoms with Gasteiger partial charge in [-0.25, -0.2) is 0 Å². The molecule has 2 rings (SSSR count). The summed E-state index contributed by atoms with van der Waals surface area (Å²) in [7, 11) is -5.25. The Hall–Kier alpha value is -1.07. The molecule has 0 saturated carbocycles. The van der Waals surface area contributed by atoms with E-state index in [1.165, 1.54) is 12.1 Å². The molecule has 10 nitrogen and oxygen atoms in total. The normalized spacial score (nSPS) is 10.3. The monoisotopic (exact) mass is 439 g/mol. The standard InChI is InChI=1S/C16H14NO9P.2Na/c1-9-2-4-10(5-3-9)15(19)11-6-12(17(21)22)16(20)13(7-11)26-14(18)8-27(23,24)25;;/h2-7,20H,8H2,1H3,(H2,23,24,25);;/q;2*+1/p-2. The molecule has 0 atom stereocenters. The predicted molar refractivity (Wildman–Crippen MR) is 87.5 cm³/mol. The minimum Gasteiger partial charge on any atom is -0.810 e. The van der Waals surface area contributed by atoms with Gasteiger partial charge in [0.25, 0.3) is 0 Å². The number of nitro groups is 1. The number of nitrogens with zero attached hydrogens (tertiary/aromatic N) is 1. The van der Waals surface area contributed by atoms with Crippen molar-refractivity contribution in [1.29, 1.82) is 0 Å². The molecule has 0 bridgehead atoms. The van der Waals surface area contributed by atoms with Crippen LogP contribution in [-0.2, 0) is 9.36 Å². The molecule has 0 aliphatic heterocycles. The fraction of sp³-hybridized carbons (Fsp3) is 0.125. The average Bonchev–Trinajstić information content (AvgIpc) is 2.54. The van der Waals surface area contributed by atoms with Crippen LogP contribution in [0, 0.1) is 17.0 Å². The zero-order valence-corrected chi connectivity index (χ0v) is 20.7. The van der Waals surface area contributed by atoms with E-state index in [1.54, 1.807) is 19.1 Å². The van der Waals surface area contributed by atoms with Crippen molar-refractivity contribution in [3.05, 3.63) is 63.2 Å². The number of hydrogen-bond donors (Lipinski definition) is 1. The third kappa shape index (κ3) is 7.93. The summed E-state index contributed by atoms with van der Waals surface area (Å²) in [5, 5.41) is 21.0.